The third-order valence-electron chi connectivity index (χ3n) is 2.40. The number of hydrogen-bond donors (Lipinski definition) is 0. The summed E-state index contributed by atoms with van der Waals surface area (Å²) in [6.07, 6.45) is 0.0295. The van der Waals surface area contributed by atoms with Crippen LogP contribution < -0.4 is 0 Å². The highest BCUT2D eigenvalue weighted by atomic mass is 19.4. The molecule has 94 valence electrons. The van der Waals surface area contributed by atoms with Crippen molar-refractivity contribution in [2.45, 2.75) is 19.2 Å². The second kappa shape index (κ2) is 6.52. The van der Waals surface area contributed by atoms with Crippen LogP contribution in [0.15, 0.2) is 12.7 Å². The Morgan fingerprint density at radius 3 is 2.12 bits per heavy atom. The molecule has 16 heavy (non-hydrogen) atoms. The number of likely N-dealkylation sites (N-methyl/N-ethyl adjacent to an activating group) is 1. The van der Waals surface area contributed by atoms with E-state index in [1.807, 2.05) is 6.08 Å². The molecule has 3 nitrogen and oxygen atoms in total. The molecule has 1 aliphatic heterocycles. The van der Waals surface area contributed by atoms with E-state index in [1.54, 1.807) is 0 Å². The normalized spacial score (nSPS) is 18.2. The second-order valence-corrected chi connectivity index (χ2v) is 3.90. The number of rotatable bonds is 3. The molecule has 0 unspecified atom stereocenters. The lowest BCUT2D eigenvalue weighted by Gasteiger charge is -2.27. The zero-order valence-electron chi connectivity index (χ0n) is 9.29. The van der Waals surface area contributed by atoms with E-state index in [2.05, 4.69) is 18.4 Å². The van der Waals surface area contributed by atoms with Crippen LogP contribution in [-0.4, -0.2) is 44.0 Å². The minimum absolute atomic E-state index is 0.667. The molecule has 0 N–H and O–H groups in total. The largest absolute Gasteiger partial charge is 0.575 e. The van der Waals surface area contributed by atoms with E-state index >= 15 is 0 Å². The average Bonchev–Trinajstić information content (AvgIpc) is 2.51. The maximum atomic E-state index is 10.6. The van der Waals surface area contributed by atoms with Crippen molar-refractivity contribution in [3.05, 3.63) is 12.7 Å². The van der Waals surface area contributed by atoms with Crippen LogP contribution in [0.3, 0.4) is 0 Å². The molecule has 0 spiro atoms. The third kappa shape index (κ3) is 7.28. The topological polar surface area (TPSA) is 26.3 Å². The van der Waals surface area contributed by atoms with Crippen molar-refractivity contribution in [3.8, 4) is 0 Å². The molecular formula is C10H17F3NO2+. The third-order valence-corrected chi connectivity index (χ3v) is 2.40. The molecule has 0 aromatic rings. The molecule has 0 atom stereocenters. The van der Waals surface area contributed by atoms with Crippen molar-refractivity contribution in [2.75, 3.05) is 26.7 Å². The van der Waals surface area contributed by atoms with Gasteiger partial charge in [-0.1, -0.05) is 6.58 Å². The summed E-state index contributed by atoms with van der Waals surface area (Å²) in [7, 11) is 2.31. The molecule has 0 bridgehead atoms. The van der Waals surface area contributed by atoms with Crippen molar-refractivity contribution in [1.82, 2.24) is 0 Å². The molecule has 1 saturated heterocycles. The van der Waals surface area contributed by atoms with E-state index in [0.717, 1.165) is 6.54 Å². The highest BCUT2D eigenvalue weighted by Crippen LogP contribution is 2.15. The van der Waals surface area contributed by atoms with Gasteiger partial charge in [0.1, 0.15) is 0 Å². The fraction of sp³-hybridized carbons (Fsp3) is 0.700. The van der Waals surface area contributed by atoms with Crippen molar-refractivity contribution >= 4 is 6.47 Å². The van der Waals surface area contributed by atoms with Crippen LogP contribution in [0.5, 0.6) is 0 Å². The molecule has 6 heteroatoms. The number of likely N-dealkylation sites (tertiary alicyclic amines) is 1. The van der Waals surface area contributed by atoms with Gasteiger partial charge in [-0.05, 0) is 6.08 Å². The molecule has 0 saturated carbocycles. The molecule has 1 rings (SSSR count). The van der Waals surface area contributed by atoms with E-state index in [0.29, 0.717) is 0 Å². The van der Waals surface area contributed by atoms with E-state index in [9.17, 15) is 13.2 Å². The number of nitrogens with zero attached hydrogens (tertiary/aromatic N) is 1. The first-order valence-corrected chi connectivity index (χ1v) is 4.95. The molecule has 1 heterocycles. The van der Waals surface area contributed by atoms with Gasteiger partial charge in [-0.15, -0.1) is 13.2 Å². The number of carbonyl (C=O) groups excluding carboxylic acids is 1. The molecule has 0 amide bonds. The average molecular weight is 240 g/mol. The van der Waals surface area contributed by atoms with Gasteiger partial charge in [0, 0.05) is 12.8 Å². The monoisotopic (exact) mass is 240 g/mol. The minimum Gasteiger partial charge on any atom is -0.375 e. The number of ether oxygens (including phenoxy) is 1. The van der Waals surface area contributed by atoms with Gasteiger partial charge in [-0.3, -0.25) is 4.79 Å². The number of hydrogen-bond acceptors (Lipinski definition) is 2. The Morgan fingerprint density at radius 2 is 1.88 bits per heavy atom. The Morgan fingerprint density at radius 1 is 1.38 bits per heavy atom. The summed E-state index contributed by atoms with van der Waals surface area (Å²) in [4.78, 5) is 8.88. The van der Waals surface area contributed by atoms with Crippen LogP contribution >= 0.6 is 0 Å². The van der Waals surface area contributed by atoms with Gasteiger partial charge >= 0.3 is 6.36 Å². The van der Waals surface area contributed by atoms with Gasteiger partial charge in [0.25, 0.3) is 6.47 Å². The SMILES string of the molecule is C=CC[N+]1(C)CCCC1.O=COC(F)(F)F. The van der Waals surface area contributed by atoms with Crippen LogP contribution in [0.4, 0.5) is 13.2 Å². The zero-order chi connectivity index (χ0) is 12.7. The van der Waals surface area contributed by atoms with Crippen LogP contribution in [0.2, 0.25) is 0 Å². The van der Waals surface area contributed by atoms with Crippen LogP contribution in [0.1, 0.15) is 12.8 Å². The van der Waals surface area contributed by atoms with Crippen molar-refractivity contribution in [3.63, 3.8) is 0 Å². The highest BCUT2D eigenvalue weighted by molar-refractivity contribution is 5.37. The Labute approximate surface area is 93.1 Å². The summed E-state index contributed by atoms with van der Waals surface area (Å²) in [6.45, 7) is 6.95. The fourth-order valence-electron chi connectivity index (χ4n) is 1.65. The van der Waals surface area contributed by atoms with Gasteiger partial charge in [-0.25, -0.2) is 0 Å². The molecule has 0 aliphatic carbocycles. The number of halogens is 3. The molecule has 0 aromatic carbocycles. The Kier molecular flexibility index (Phi) is 6.10. The molecule has 1 aliphatic rings. The Balaban J connectivity index is 0.000000293. The fourth-order valence-corrected chi connectivity index (χ4v) is 1.65. The highest BCUT2D eigenvalue weighted by Gasteiger charge is 2.29. The van der Waals surface area contributed by atoms with Gasteiger partial charge in [0.2, 0.25) is 0 Å². The van der Waals surface area contributed by atoms with Gasteiger partial charge in [0.15, 0.2) is 0 Å². The summed E-state index contributed by atoms with van der Waals surface area (Å²) in [5, 5.41) is 0. The summed E-state index contributed by atoms with van der Waals surface area (Å²) in [5.41, 5.74) is 0. The van der Waals surface area contributed by atoms with Crippen LogP contribution in [0, 0.1) is 0 Å². The van der Waals surface area contributed by atoms with Gasteiger partial charge < -0.3 is 9.22 Å². The first kappa shape index (κ1) is 15.0. The first-order chi connectivity index (χ1) is 7.33. The minimum atomic E-state index is -4.82. The predicted octanol–water partition coefficient (Wildman–Crippen LogP) is 2.09. The summed E-state index contributed by atoms with van der Waals surface area (Å²) < 4.78 is 35.6. The maximum Gasteiger partial charge on any atom is 0.575 e. The van der Waals surface area contributed by atoms with Crippen LogP contribution in [-0.2, 0) is 9.53 Å². The lowest BCUT2D eigenvalue weighted by atomic mass is 10.4. The van der Waals surface area contributed by atoms with Crippen molar-refractivity contribution in [2.24, 2.45) is 0 Å². The number of alkyl halides is 3. The standard InChI is InChI=1S/C8H16N.C2HF3O2/c1-3-6-9(2)7-4-5-8-9;3-2(4,5)7-1-6/h3H,1,4-8H2,2H3;1H/q+1;. The quantitative estimate of drug-likeness (QED) is 0.429. The smallest absolute Gasteiger partial charge is 0.375 e. The van der Waals surface area contributed by atoms with E-state index < -0.39 is 12.8 Å². The molecule has 0 radical (unpaired) electrons. The van der Waals surface area contributed by atoms with E-state index in [-0.39, 0.29) is 0 Å². The second-order valence-electron chi connectivity index (χ2n) is 3.90. The lowest BCUT2D eigenvalue weighted by molar-refractivity contribution is -0.891. The molecular weight excluding hydrogens is 223 g/mol. The summed E-state index contributed by atoms with van der Waals surface area (Å²) in [5.74, 6) is 0. The number of carbonyl (C=O) groups is 1. The number of quaternary nitrogens is 1. The lowest BCUT2D eigenvalue weighted by Crippen LogP contribution is -2.40. The first-order valence-electron chi connectivity index (χ1n) is 4.95. The van der Waals surface area contributed by atoms with Crippen molar-refractivity contribution < 1.29 is 27.2 Å². The van der Waals surface area contributed by atoms with E-state index in [1.165, 1.54) is 30.4 Å². The summed E-state index contributed by atoms with van der Waals surface area (Å²) in [6, 6.07) is 0. The zero-order valence-corrected chi connectivity index (χ0v) is 9.29. The van der Waals surface area contributed by atoms with Gasteiger partial charge in [0.05, 0.1) is 26.7 Å². The predicted molar refractivity (Wildman–Crippen MR) is 53.4 cm³/mol. The molecule has 1 fully saturated rings. The maximum absolute atomic E-state index is 10.6. The van der Waals surface area contributed by atoms with Gasteiger partial charge in [-0.2, -0.15) is 0 Å². The summed E-state index contributed by atoms with van der Waals surface area (Å²) >= 11 is 0. The van der Waals surface area contributed by atoms with Crippen molar-refractivity contribution in [1.29, 1.82) is 0 Å². The van der Waals surface area contributed by atoms with Crippen LogP contribution in [0.25, 0.3) is 0 Å². The van der Waals surface area contributed by atoms with E-state index in [4.69, 9.17) is 4.79 Å². The Hall–Kier alpha value is -1.04. The molecule has 0 aromatic heterocycles. The Bertz CT molecular complexity index is 223.